The van der Waals surface area contributed by atoms with Gasteiger partial charge in [0.05, 0.1) is 7.11 Å². The SMILES string of the molecule is COc1cccc(-c2nc(-c3ccccc3)nc(-c3cc4ccccc4c4ccccc34)n2)c1-c1ccc(-c2cc(-c3ccccc3)cc(-c3ccccc3)c2)cc1. The van der Waals surface area contributed by atoms with Crippen LogP contribution < -0.4 is 4.74 Å². The molecule has 4 heteroatoms. The molecule has 274 valence electrons. The molecule has 0 radical (unpaired) electrons. The molecular formula is C54H37N3O. The Labute approximate surface area is 337 Å². The fraction of sp³-hybridized carbons (Fsp3) is 0.0185. The van der Waals surface area contributed by atoms with Crippen LogP contribution in [0.3, 0.4) is 0 Å². The van der Waals surface area contributed by atoms with Gasteiger partial charge in [0, 0.05) is 22.3 Å². The molecule has 0 N–H and O–H groups in total. The lowest BCUT2D eigenvalue weighted by Crippen LogP contribution is -2.02. The maximum absolute atomic E-state index is 6.07. The lowest BCUT2D eigenvalue weighted by atomic mass is 9.92. The summed E-state index contributed by atoms with van der Waals surface area (Å²) in [6.45, 7) is 0. The smallest absolute Gasteiger partial charge is 0.164 e. The van der Waals surface area contributed by atoms with Crippen molar-refractivity contribution in [2.24, 2.45) is 0 Å². The fourth-order valence-electron chi connectivity index (χ4n) is 7.98. The van der Waals surface area contributed by atoms with Crippen LogP contribution in [0.25, 0.3) is 100 Å². The van der Waals surface area contributed by atoms with E-state index in [1.807, 2.05) is 42.5 Å². The maximum atomic E-state index is 6.07. The molecule has 0 saturated carbocycles. The van der Waals surface area contributed by atoms with Crippen molar-refractivity contribution in [2.75, 3.05) is 7.11 Å². The van der Waals surface area contributed by atoms with E-state index in [1.54, 1.807) is 7.11 Å². The molecule has 1 aromatic heterocycles. The summed E-state index contributed by atoms with van der Waals surface area (Å²) in [4.78, 5) is 15.6. The minimum absolute atomic E-state index is 0.571. The average molecular weight is 744 g/mol. The minimum atomic E-state index is 0.571. The molecule has 4 nitrogen and oxygen atoms in total. The van der Waals surface area contributed by atoms with Gasteiger partial charge in [-0.3, -0.25) is 0 Å². The Morgan fingerprint density at radius 2 is 0.776 bits per heavy atom. The van der Waals surface area contributed by atoms with Gasteiger partial charge in [-0.25, -0.2) is 15.0 Å². The zero-order valence-electron chi connectivity index (χ0n) is 31.9. The van der Waals surface area contributed by atoms with Crippen LogP contribution in [-0.4, -0.2) is 22.1 Å². The van der Waals surface area contributed by atoms with Crippen LogP contribution >= 0.6 is 0 Å². The summed E-state index contributed by atoms with van der Waals surface area (Å²) in [5.41, 5.74) is 11.6. The number of benzene rings is 9. The van der Waals surface area contributed by atoms with Crippen molar-refractivity contribution in [3.05, 3.63) is 206 Å². The van der Waals surface area contributed by atoms with Gasteiger partial charge in [0.25, 0.3) is 0 Å². The fourth-order valence-corrected chi connectivity index (χ4v) is 7.98. The van der Waals surface area contributed by atoms with E-state index in [9.17, 15) is 0 Å². The van der Waals surface area contributed by atoms with E-state index in [2.05, 4.69) is 164 Å². The predicted octanol–water partition coefficient (Wildman–Crippen LogP) is 13.9. The topological polar surface area (TPSA) is 47.9 Å². The van der Waals surface area contributed by atoms with Crippen LogP contribution in [0.1, 0.15) is 0 Å². The standard InChI is InChI=1S/C54H37N3O/c1-58-50-27-15-26-48(51(50)39-30-28-38(29-31-39)44-33-42(36-16-5-2-6-17-36)32-43(34-44)37-18-7-3-8-19-37)53-55-52(40-20-9-4-10-21-40)56-54(57-53)49-35-41-22-11-12-23-45(41)46-24-13-14-25-47(46)49/h2-35H,1H3. The summed E-state index contributed by atoms with van der Waals surface area (Å²) in [5.74, 6) is 2.53. The van der Waals surface area contributed by atoms with Gasteiger partial charge in [0.2, 0.25) is 0 Å². The van der Waals surface area contributed by atoms with E-state index >= 15 is 0 Å². The molecule has 0 aliphatic rings. The lowest BCUT2D eigenvalue weighted by molar-refractivity contribution is 0.416. The van der Waals surface area contributed by atoms with Crippen LogP contribution in [0.2, 0.25) is 0 Å². The lowest BCUT2D eigenvalue weighted by Gasteiger charge is -2.16. The molecule has 0 bridgehead atoms. The highest BCUT2D eigenvalue weighted by Gasteiger charge is 2.20. The molecule has 10 rings (SSSR count). The van der Waals surface area contributed by atoms with Crippen LogP contribution in [0.5, 0.6) is 5.75 Å². The summed E-state index contributed by atoms with van der Waals surface area (Å²) < 4.78 is 6.07. The Hall–Kier alpha value is -7.69. The highest BCUT2D eigenvalue weighted by atomic mass is 16.5. The van der Waals surface area contributed by atoms with Gasteiger partial charge in [-0.2, -0.15) is 0 Å². The second kappa shape index (κ2) is 15.1. The molecule has 0 amide bonds. The maximum Gasteiger partial charge on any atom is 0.164 e. The summed E-state index contributed by atoms with van der Waals surface area (Å²) in [6.07, 6.45) is 0. The molecule has 0 spiro atoms. The number of rotatable bonds is 8. The normalized spacial score (nSPS) is 11.2. The Bertz CT molecular complexity index is 3010. The molecule has 0 fully saturated rings. The van der Waals surface area contributed by atoms with Gasteiger partial charge >= 0.3 is 0 Å². The van der Waals surface area contributed by atoms with E-state index in [0.29, 0.717) is 17.5 Å². The van der Waals surface area contributed by atoms with Gasteiger partial charge in [-0.15, -0.1) is 0 Å². The number of nitrogens with zero attached hydrogens (tertiary/aromatic N) is 3. The van der Waals surface area contributed by atoms with Crippen LogP contribution in [0.4, 0.5) is 0 Å². The van der Waals surface area contributed by atoms with Gasteiger partial charge in [-0.1, -0.05) is 176 Å². The number of fused-ring (bicyclic) bond motifs is 3. The minimum Gasteiger partial charge on any atom is -0.496 e. The highest BCUT2D eigenvalue weighted by Crippen LogP contribution is 2.41. The molecule has 10 aromatic rings. The van der Waals surface area contributed by atoms with Crippen molar-refractivity contribution in [1.82, 2.24) is 15.0 Å². The quantitative estimate of drug-likeness (QED) is 0.145. The number of ether oxygens (including phenoxy) is 1. The Morgan fingerprint density at radius 1 is 0.310 bits per heavy atom. The number of methoxy groups -OCH3 is 1. The number of aromatic nitrogens is 3. The van der Waals surface area contributed by atoms with Crippen molar-refractivity contribution in [3.8, 4) is 84.4 Å². The van der Waals surface area contributed by atoms with Crippen molar-refractivity contribution in [1.29, 1.82) is 0 Å². The first-order valence-electron chi connectivity index (χ1n) is 19.5. The number of hydrogen-bond acceptors (Lipinski definition) is 4. The van der Waals surface area contributed by atoms with Crippen LogP contribution in [0, 0.1) is 0 Å². The molecule has 9 aromatic carbocycles. The number of hydrogen-bond donors (Lipinski definition) is 0. The average Bonchev–Trinajstić information content (AvgIpc) is 3.31. The van der Waals surface area contributed by atoms with Crippen LogP contribution in [-0.2, 0) is 0 Å². The first-order chi connectivity index (χ1) is 28.7. The second-order valence-electron chi connectivity index (χ2n) is 14.4. The predicted molar refractivity (Wildman–Crippen MR) is 239 cm³/mol. The summed E-state index contributed by atoms with van der Waals surface area (Å²) >= 11 is 0. The van der Waals surface area contributed by atoms with E-state index in [-0.39, 0.29) is 0 Å². The van der Waals surface area contributed by atoms with E-state index in [4.69, 9.17) is 19.7 Å². The molecule has 58 heavy (non-hydrogen) atoms. The highest BCUT2D eigenvalue weighted by molar-refractivity contribution is 6.13. The summed E-state index contributed by atoms with van der Waals surface area (Å²) in [7, 11) is 1.71. The van der Waals surface area contributed by atoms with E-state index < -0.39 is 0 Å². The molecule has 0 saturated heterocycles. The van der Waals surface area contributed by atoms with Crippen LogP contribution in [0.15, 0.2) is 206 Å². The molecule has 0 unspecified atom stereocenters. The van der Waals surface area contributed by atoms with Crippen molar-refractivity contribution in [2.45, 2.75) is 0 Å². The second-order valence-corrected chi connectivity index (χ2v) is 14.4. The van der Waals surface area contributed by atoms with Crippen molar-refractivity contribution >= 4 is 21.5 Å². The Balaban J connectivity index is 1.13. The molecule has 1 heterocycles. The Kier molecular flexibility index (Phi) is 9.05. The largest absolute Gasteiger partial charge is 0.496 e. The summed E-state index contributed by atoms with van der Waals surface area (Å²) in [6, 6.07) is 72.1. The Morgan fingerprint density at radius 3 is 1.38 bits per heavy atom. The summed E-state index contributed by atoms with van der Waals surface area (Å²) in [5, 5.41) is 4.57. The third-order valence-electron chi connectivity index (χ3n) is 10.8. The van der Waals surface area contributed by atoms with E-state index in [1.165, 1.54) is 27.6 Å². The van der Waals surface area contributed by atoms with E-state index in [0.717, 1.165) is 60.9 Å². The zero-order chi connectivity index (χ0) is 38.8. The first-order valence-corrected chi connectivity index (χ1v) is 19.5. The molecule has 0 aliphatic heterocycles. The molecular weight excluding hydrogens is 707 g/mol. The van der Waals surface area contributed by atoms with Gasteiger partial charge < -0.3 is 4.74 Å². The van der Waals surface area contributed by atoms with Gasteiger partial charge in [-0.05, 0) is 90.8 Å². The third kappa shape index (κ3) is 6.57. The van der Waals surface area contributed by atoms with Gasteiger partial charge in [0.1, 0.15) is 5.75 Å². The van der Waals surface area contributed by atoms with Crippen molar-refractivity contribution in [3.63, 3.8) is 0 Å². The first kappa shape index (κ1) is 34.8. The zero-order valence-corrected chi connectivity index (χ0v) is 31.9. The van der Waals surface area contributed by atoms with Crippen molar-refractivity contribution < 1.29 is 4.74 Å². The monoisotopic (exact) mass is 743 g/mol. The molecule has 0 aliphatic carbocycles. The molecule has 0 atom stereocenters. The third-order valence-corrected chi connectivity index (χ3v) is 10.8. The van der Waals surface area contributed by atoms with Gasteiger partial charge in [0.15, 0.2) is 17.5 Å².